The molecule has 0 unspecified atom stereocenters. The number of nitrogens with one attached hydrogen (secondary N) is 1. The first-order chi connectivity index (χ1) is 15.3. The Morgan fingerprint density at radius 3 is 2.34 bits per heavy atom. The Balaban J connectivity index is 2.03. The van der Waals surface area contributed by atoms with Gasteiger partial charge in [-0.15, -0.1) is 0 Å². The third kappa shape index (κ3) is 5.47. The molecule has 7 nitrogen and oxygen atoms in total. The van der Waals surface area contributed by atoms with Gasteiger partial charge in [-0.25, -0.2) is 13.2 Å². The molecule has 166 valence electrons. The number of rotatable bonds is 9. The highest BCUT2D eigenvalue weighted by atomic mass is 32.2. The van der Waals surface area contributed by atoms with Crippen molar-refractivity contribution in [1.82, 2.24) is 0 Å². The molecule has 0 aliphatic rings. The molecule has 0 atom stereocenters. The molecular formula is C24H23NO6S. The van der Waals surface area contributed by atoms with Gasteiger partial charge in [0.1, 0.15) is 4.90 Å². The molecule has 0 aliphatic carbocycles. The Morgan fingerprint density at radius 1 is 1.00 bits per heavy atom. The van der Waals surface area contributed by atoms with E-state index in [4.69, 9.17) is 14.6 Å². The smallest absolute Gasteiger partial charge is 0.328 e. The maximum Gasteiger partial charge on any atom is 0.328 e. The highest BCUT2D eigenvalue weighted by Gasteiger charge is 2.24. The fraction of sp³-hybridized carbons (Fsp3) is 0.125. The van der Waals surface area contributed by atoms with E-state index in [-0.39, 0.29) is 16.4 Å². The number of sulfonamides is 1. The third-order valence-electron chi connectivity index (χ3n) is 4.67. The number of carboxylic acids is 1. The Bertz CT molecular complexity index is 1240. The lowest BCUT2D eigenvalue weighted by molar-refractivity contribution is -0.131. The predicted molar refractivity (Wildman–Crippen MR) is 123 cm³/mol. The number of hydrogen-bond donors (Lipinski definition) is 2. The van der Waals surface area contributed by atoms with Crippen LogP contribution in [-0.2, 0) is 21.2 Å². The first-order valence-corrected chi connectivity index (χ1v) is 11.1. The second kappa shape index (κ2) is 10.0. The van der Waals surface area contributed by atoms with Crippen molar-refractivity contribution in [1.29, 1.82) is 0 Å². The summed E-state index contributed by atoms with van der Waals surface area (Å²) in [6.07, 6.45) is 2.74. The minimum absolute atomic E-state index is 0.0213. The van der Waals surface area contributed by atoms with Gasteiger partial charge in [-0.2, -0.15) is 0 Å². The number of benzene rings is 3. The zero-order chi connectivity index (χ0) is 23.1. The molecule has 0 spiro atoms. The summed E-state index contributed by atoms with van der Waals surface area (Å²) in [6, 6.07) is 19.7. The molecule has 0 saturated carbocycles. The van der Waals surface area contributed by atoms with E-state index >= 15 is 0 Å². The summed E-state index contributed by atoms with van der Waals surface area (Å²) in [5, 5.41) is 8.90. The highest BCUT2D eigenvalue weighted by Crippen LogP contribution is 2.37. The number of carboxylic acid groups (broad SMARTS) is 1. The van der Waals surface area contributed by atoms with Crippen molar-refractivity contribution in [2.24, 2.45) is 0 Å². The lowest BCUT2D eigenvalue weighted by Crippen LogP contribution is -2.16. The fourth-order valence-electron chi connectivity index (χ4n) is 3.20. The van der Waals surface area contributed by atoms with Crippen LogP contribution in [0.1, 0.15) is 16.7 Å². The van der Waals surface area contributed by atoms with Crippen LogP contribution in [0.4, 0.5) is 5.69 Å². The average molecular weight is 454 g/mol. The van der Waals surface area contributed by atoms with Crippen LogP contribution in [0.15, 0.2) is 77.7 Å². The van der Waals surface area contributed by atoms with Gasteiger partial charge in [-0.1, -0.05) is 48.5 Å². The van der Waals surface area contributed by atoms with Gasteiger partial charge in [0.2, 0.25) is 0 Å². The van der Waals surface area contributed by atoms with E-state index in [1.54, 1.807) is 12.1 Å². The summed E-state index contributed by atoms with van der Waals surface area (Å²) < 4.78 is 39.9. The minimum atomic E-state index is -4.10. The second-order valence-corrected chi connectivity index (χ2v) is 8.50. The van der Waals surface area contributed by atoms with E-state index in [2.05, 4.69) is 4.72 Å². The molecular weight excluding hydrogens is 430 g/mol. The lowest BCUT2D eigenvalue weighted by Gasteiger charge is -2.17. The minimum Gasteiger partial charge on any atom is -0.493 e. The van der Waals surface area contributed by atoms with Crippen molar-refractivity contribution in [3.05, 3.63) is 89.5 Å². The van der Waals surface area contributed by atoms with E-state index in [9.17, 15) is 13.2 Å². The van der Waals surface area contributed by atoms with Gasteiger partial charge in [-0.05, 0) is 47.4 Å². The molecule has 0 aliphatic heterocycles. The van der Waals surface area contributed by atoms with Crippen LogP contribution in [0.25, 0.3) is 6.08 Å². The molecule has 0 radical (unpaired) electrons. The van der Waals surface area contributed by atoms with E-state index in [1.807, 2.05) is 42.5 Å². The Hall–Kier alpha value is -3.78. The van der Waals surface area contributed by atoms with Gasteiger partial charge in [-0.3, -0.25) is 4.72 Å². The molecule has 0 bridgehead atoms. The zero-order valence-corrected chi connectivity index (χ0v) is 18.4. The third-order valence-corrected chi connectivity index (χ3v) is 6.05. The monoisotopic (exact) mass is 453 g/mol. The van der Waals surface area contributed by atoms with Gasteiger partial charge in [0, 0.05) is 6.08 Å². The molecule has 0 heterocycles. The van der Waals surface area contributed by atoms with Crippen molar-refractivity contribution in [2.75, 3.05) is 18.9 Å². The molecule has 0 aromatic heterocycles. The van der Waals surface area contributed by atoms with Crippen LogP contribution in [0.3, 0.4) is 0 Å². The quantitative estimate of drug-likeness (QED) is 0.471. The van der Waals surface area contributed by atoms with E-state index in [1.165, 1.54) is 32.4 Å². The Kier molecular flexibility index (Phi) is 7.17. The Labute approximate surface area is 187 Å². The van der Waals surface area contributed by atoms with Gasteiger partial charge < -0.3 is 14.6 Å². The largest absolute Gasteiger partial charge is 0.493 e. The number of aliphatic carboxylic acids is 1. The summed E-state index contributed by atoms with van der Waals surface area (Å²) in [7, 11) is -1.38. The molecule has 0 fully saturated rings. The Morgan fingerprint density at radius 2 is 1.69 bits per heavy atom. The van der Waals surface area contributed by atoms with E-state index in [0.717, 1.165) is 17.2 Å². The summed E-state index contributed by atoms with van der Waals surface area (Å²) in [4.78, 5) is 10.7. The fourth-order valence-corrected chi connectivity index (χ4v) is 4.52. The van der Waals surface area contributed by atoms with Crippen molar-refractivity contribution in [2.45, 2.75) is 11.3 Å². The second-order valence-electron chi connectivity index (χ2n) is 6.85. The summed E-state index contributed by atoms with van der Waals surface area (Å²) in [5.41, 5.74) is 2.61. The zero-order valence-electron chi connectivity index (χ0n) is 17.6. The highest BCUT2D eigenvalue weighted by molar-refractivity contribution is 7.92. The summed E-state index contributed by atoms with van der Waals surface area (Å²) >= 11 is 0. The maximum atomic E-state index is 13.4. The van der Waals surface area contributed by atoms with Gasteiger partial charge in [0.25, 0.3) is 10.0 Å². The first-order valence-electron chi connectivity index (χ1n) is 9.65. The normalized spacial score (nSPS) is 11.3. The topological polar surface area (TPSA) is 102 Å². The first kappa shape index (κ1) is 22.9. The van der Waals surface area contributed by atoms with Crippen LogP contribution >= 0.6 is 0 Å². The number of anilines is 1. The lowest BCUT2D eigenvalue weighted by atomic mass is 10.0. The number of carbonyl (C=O) groups is 1. The molecule has 8 heteroatoms. The van der Waals surface area contributed by atoms with Crippen molar-refractivity contribution < 1.29 is 27.8 Å². The molecule has 3 rings (SSSR count). The molecule has 2 N–H and O–H groups in total. The van der Waals surface area contributed by atoms with Crippen LogP contribution in [0.5, 0.6) is 11.5 Å². The van der Waals surface area contributed by atoms with Crippen LogP contribution < -0.4 is 14.2 Å². The SMILES string of the molecule is COc1cc(/C=C/C(=O)O)cc(S(=O)(=O)Nc2ccccc2Cc2ccccc2)c1OC. The molecule has 3 aromatic rings. The van der Waals surface area contributed by atoms with Crippen LogP contribution in [-0.4, -0.2) is 33.7 Å². The van der Waals surface area contributed by atoms with E-state index < -0.39 is 16.0 Å². The van der Waals surface area contributed by atoms with Gasteiger partial charge in [0.15, 0.2) is 11.5 Å². The van der Waals surface area contributed by atoms with Crippen molar-refractivity contribution >= 4 is 27.8 Å². The van der Waals surface area contributed by atoms with Gasteiger partial charge >= 0.3 is 5.97 Å². The van der Waals surface area contributed by atoms with E-state index in [0.29, 0.717) is 17.7 Å². The van der Waals surface area contributed by atoms with Crippen LogP contribution in [0, 0.1) is 0 Å². The van der Waals surface area contributed by atoms with Crippen molar-refractivity contribution in [3.8, 4) is 11.5 Å². The molecule has 3 aromatic carbocycles. The summed E-state index contributed by atoms with van der Waals surface area (Å²) in [5.74, 6) is -0.969. The average Bonchev–Trinajstić information content (AvgIpc) is 2.78. The number of para-hydroxylation sites is 1. The molecule has 0 amide bonds. The predicted octanol–water partition coefficient (Wildman–Crippen LogP) is 4.19. The van der Waals surface area contributed by atoms with Gasteiger partial charge in [0.05, 0.1) is 19.9 Å². The molecule has 0 saturated heterocycles. The number of methoxy groups -OCH3 is 2. The maximum absolute atomic E-state index is 13.4. The summed E-state index contributed by atoms with van der Waals surface area (Å²) in [6.45, 7) is 0. The van der Waals surface area contributed by atoms with Crippen molar-refractivity contribution in [3.63, 3.8) is 0 Å². The molecule has 32 heavy (non-hydrogen) atoms. The number of hydrogen-bond acceptors (Lipinski definition) is 5. The standard InChI is InChI=1S/C24H23NO6S/c1-30-21-15-18(12-13-23(26)27)16-22(24(21)31-2)32(28,29)25-20-11-7-6-10-19(20)14-17-8-4-3-5-9-17/h3-13,15-16,25H,14H2,1-2H3,(H,26,27)/b13-12+. The number of ether oxygens (including phenoxy) is 2. The van der Waals surface area contributed by atoms with Crippen LogP contribution in [0.2, 0.25) is 0 Å².